The van der Waals surface area contributed by atoms with Crippen LogP contribution in [0.1, 0.15) is 68.3 Å². The van der Waals surface area contributed by atoms with Gasteiger partial charge in [0.15, 0.2) is 0 Å². The van der Waals surface area contributed by atoms with Gasteiger partial charge in [0.05, 0.1) is 19.6 Å². The quantitative estimate of drug-likeness (QED) is 0.278. The molecule has 228 valence electrons. The summed E-state index contributed by atoms with van der Waals surface area (Å²) in [7, 11) is 1.43. The Hall–Kier alpha value is -3.01. The lowest BCUT2D eigenvalue weighted by Crippen LogP contribution is -2.42. The zero-order chi connectivity index (χ0) is 29.4. The van der Waals surface area contributed by atoms with Crippen molar-refractivity contribution in [2.24, 2.45) is 11.3 Å². The molecular formula is C33H49N7O2. The van der Waals surface area contributed by atoms with Crippen LogP contribution < -0.4 is 5.32 Å². The van der Waals surface area contributed by atoms with E-state index < -0.39 is 0 Å². The second kappa shape index (κ2) is 14.4. The Kier molecular flexibility index (Phi) is 10.5. The number of carbonyl (C=O) groups excluding carboxylic acids is 1. The Labute approximate surface area is 251 Å². The molecule has 0 aliphatic carbocycles. The zero-order valence-corrected chi connectivity index (χ0v) is 25.7. The maximum atomic E-state index is 11.8. The third kappa shape index (κ3) is 8.30. The van der Waals surface area contributed by atoms with Crippen LogP contribution in [0.2, 0.25) is 0 Å². The van der Waals surface area contributed by atoms with Gasteiger partial charge < -0.3 is 29.4 Å². The van der Waals surface area contributed by atoms with E-state index >= 15 is 0 Å². The number of nitrogens with zero attached hydrogens (tertiary/aromatic N) is 5. The highest BCUT2D eigenvalue weighted by atomic mass is 16.5. The fourth-order valence-corrected chi connectivity index (χ4v) is 6.82. The van der Waals surface area contributed by atoms with Gasteiger partial charge in [0, 0.05) is 57.4 Å². The molecule has 2 N–H and O–H groups in total. The van der Waals surface area contributed by atoms with Crippen LogP contribution in [0.5, 0.6) is 0 Å². The minimum atomic E-state index is -0.228. The van der Waals surface area contributed by atoms with E-state index in [0.29, 0.717) is 18.4 Å². The number of ether oxygens (including phenoxy) is 1. The number of esters is 1. The number of aromatic nitrogens is 4. The van der Waals surface area contributed by atoms with Gasteiger partial charge in [-0.05, 0) is 74.3 Å². The molecule has 5 rings (SSSR count). The molecule has 2 saturated heterocycles. The normalized spacial score (nSPS) is 18.2. The fraction of sp³-hybridized carbons (Fsp3) is 0.606. The second-order valence-electron chi connectivity index (χ2n) is 12.8. The fourth-order valence-electron chi connectivity index (χ4n) is 6.82. The third-order valence-corrected chi connectivity index (χ3v) is 9.06. The number of imidazole rings is 2. The smallest absolute Gasteiger partial charge is 0.309 e. The van der Waals surface area contributed by atoms with Gasteiger partial charge in [-0.15, -0.1) is 0 Å². The molecule has 2 aliphatic heterocycles. The van der Waals surface area contributed by atoms with Crippen LogP contribution in [0.3, 0.4) is 0 Å². The maximum absolute atomic E-state index is 11.8. The molecule has 3 aromatic rings. The largest absolute Gasteiger partial charge is 0.469 e. The lowest BCUT2D eigenvalue weighted by Gasteiger charge is -2.40. The first-order chi connectivity index (χ1) is 20.4. The lowest BCUT2D eigenvalue weighted by molar-refractivity contribution is -0.139. The highest BCUT2D eigenvalue weighted by Gasteiger charge is 2.40. The van der Waals surface area contributed by atoms with E-state index in [1.54, 1.807) is 6.20 Å². The van der Waals surface area contributed by atoms with E-state index in [1.807, 2.05) is 24.5 Å². The summed E-state index contributed by atoms with van der Waals surface area (Å²) in [4.78, 5) is 29.7. The lowest BCUT2D eigenvalue weighted by atomic mass is 9.77. The average Bonchev–Trinajstić information content (AvgIpc) is 3.75. The van der Waals surface area contributed by atoms with Crippen molar-refractivity contribution < 1.29 is 9.53 Å². The van der Waals surface area contributed by atoms with E-state index in [-0.39, 0.29) is 18.4 Å². The van der Waals surface area contributed by atoms with Crippen LogP contribution in [-0.4, -0.2) is 81.7 Å². The van der Waals surface area contributed by atoms with Gasteiger partial charge in [0.1, 0.15) is 11.6 Å². The van der Waals surface area contributed by atoms with E-state index in [0.717, 1.165) is 48.2 Å². The van der Waals surface area contributed by atoms with Crippen molar-refractivity contribution in [2.45, 2.75) is 71.5 Å². The summed E-state index contributed by atoms with van der Waals surface area (Å²) in [5.74, 6) is 2.50. The Balaban J connectivity index is 1.16. The number of piperidine rings is 1. The number of carbonyl (C=O) groups is 1. The van der Waals surface area contributed by atoms with Crippen LogP contribution in [0.25, 0.3) is 0 Å². The molecule has 42 heavy (non-hydrogen) atoms. The van der Waals surface area contributed by atoms with E-state index in [9.17, 15) is 4.79 Å². The molecule has 2 aromatic heterocycles. The summed E-state index contributed by atoms with van der Waals surface area (Å²) in [6.45, 7) is 13.7. The molecule has 1 atom stereocenters. The Morgan fingerprint density at radius 2 is 1.86 bits per heavy atom. The van der Waals surface area contributed by atoms with Gasteiger partial charge in [0.2, 0.25) is 0 Å². The van der Waals surface area contributed by atoms with Gasteiger partial charge in [-0.25, -0.2) is 9.97 Å². The maximum Gasteiger partial charge on any atom is 0.309 e. The number of aromatic amines is 1. The number of hydrogen-bond donors (Lipinski definition) is 2. The number of H-pyrrole nitrogens is 1. The van der Waals surface area contributed by atoms with Crippen molar-refractivity contribution in [3.8, 4) is 0 Å². The molecule has 0 radical (unpaired) electrons. The molecule has 1 unspecified atom stereocenters. The second-order valence-corrected chi connectivity index (χ2v) is 12.8. The van der Waals surface area contributed by atoms with Crippen molar-refractivity contribution in [3.63, 3.8) is 0 Å². The van der Waals surface area contributed by atoms with Gasteiger partial charge in [0.25, 0.3) is 0 Å². The minimum Gasteiger partial charge on any atom is -0.469 e. The van der Waals surface area contributed by atoms with Gasteiger partial charge in [-0.3, -0.25) is 4.79 Å². The molecule has 2 aliphatic rings. The van der Waals surface area contributed by atoms with Crippen molar-refractivity contribution >= 4 is 5.97 Å². The molecule has 0 bridgehead atoms. The van der Waals surface area contributed by atoms with Crippen molar-refractivity contribution in [3.05, 3.63) is 71.8 Å². The molecule has 9 nitrogen and oxygen atoms in total. The molecule has 4 heterocycles. The van der Waals surface area contributed by atoms with Gasteiger partial charge >= 0.3 is 5.97 Å². The van der Waals surface area contributed by atoms with E-state index in [4.69, 9.17) is 9.72 Å². The predicted molar refractivity (Wildman–Crippen MR) is 165 cm³/mol. The van der Waals surface area contributed by atoms with E-state index in [2.05, 4.69) is 61.8 Å². The molecule has 9 heteroatoms. The highest BCUT2D eigenvalue weighted by Crippen LogP contribution is 2.40. The summed E-state index contributed by atoms with van der Waals surface area (Å²) < 4.78 is 7.15. The Bertz CT molecular complexity index is 1250. The van der Waals surface area contributed by atoms with Crippen LogP contribution >= 0.6 is 0 Å². The van der Waals surface area contributed by atoms with Gasteiger partial charge in [-0.1, -0.05) is 38.1 Å². The minimum absolute atomic E-state index is 0.00138. The van der Waals surface area contributed by atoms with Crippen LogP contribution in [0.15, 0.2) is 49.1 Å². The molecule has 2 fully saturated rings. The summed E-state index contributed by atoms with van der Waals surface area (Å²) >= 11 is 0. The zero-order valence-electron chi connectivity index (χ0n) is 25.7. The third-order valence-electron chi connectivity index (χ3n) is 9.06. The van der Waals surface area contributed by atoms with Crippen LogP contribution in [-0.2, 0) is 35.5 Å². The molecular weight excluding hydrogens is 526 g/mol. The number of rotatable bonds is 14. The first-order valence-corrected chi connectivity index (χ1v) is 15.7. The van der Waals surface area contributed by atoms with E-state index in [1.165, 1.54) is 59.1 Å². The monoisotopic (exact) mass is 575 g/mol. The highest BCUT2D eigenvalue weighted by molar-refractivity contribution is 5.72. The topological polar surface area (TPSA) is 91.3 Å². The summed E-state index contributed by atoms with van der Waals surface area (Å²) in [5.41, 5.74) is 2.62. The van der Waals surface area contributed by atoms with Gasteiger partial charge in [-0.2, -0.15) is 0 Å². The number of aryl methyl sites for hydroxylation is 1. The average molecular weight is 576 g/mol. The first-order valence-electron chi connectivity index (χ1n) is 15.7. The predicted octanol–water partition coefficient (Wildman–Crippen LogP) is 4.23. The molecule has 1 spiro atoms. The molecule has 0 amide bonds. The summed E-state index contributed by atoms with van der Waals surface area (Å²) in [5, 5.41) is 3.72. The van der Waals surface area contributed by atoms with Crippen LogP contribution in [0.4, 0.5) is 0 Å². The number of nitrogens with one attached hydrogen (secondary N) is 2. The standard InChI is InChI=1S/C33H49N7O2/c1-26(2)24-38-16-8-33(9-17-38)10-18-39(25-33)14-5-15-40-19-13-36-32(40)29(22-30-34-11-12-35-30)37-23-28-7-4-6-27(20-28)21-31(41)42-3/h4,6-7,11-13,19-20,26,29,37H,5,8-10,14-18,21-25H2,1-3H3,(H,34,35). The number of likely N-dealkylation sites (tertiary alicyclic amines) is 2. The number of benzene rings is 1. The number of hydrogen-bond acceptors (Lipinski definition) is 7. The van der Waals surface area contributed by atoms with Crippen molar-refractivity contribution in [1.29, 1.82) is 0 Å². The molecule has 1 aromatic carbocycles. The summed E-state index contributed by atoms with van der Waals surface area (Å²) in [6, 6.07) is 8.11. The Morgan fingerprint density at radius 1 is 1.07 bits per heavy atom. The summed E-state index contributed by atoms with van der Waals surface area (Å²) in [6.07, 6.45) is 13.9. The Morgan fingerprint density at radius 3 is 2.60 bits per heavy atom. The molecule has 0 saturated carbocycles. The van der Waals surface area contributed by atoms with Crippen LogP contribution in [0, 0.1) is 11.3 Å². The SMILES string of the molecule is COC(=O)Cc1cccc(CNC(Cc2ncc[nH]2)c2nccn2CCCN2CCC3(CCN(CC(C)C)CC3)C2)c1. The van der Waals surface area contributed by atoms with Crippen molar-refractivity contribution in [2.75, 3.05) is 46.4 Å². The number of methoxy groups -OCH3 is 1. The van der Waals surface area contributed by atoms with Crippen molar-refractivity contribution in [1.82, 2.24) is 34.6 Å². The first kappa shape index (κ1) is 30.4.